The summed E-state index contributed by atoms with van der Waals surface area (Å²) in [7, 11) is 0. The molecule has 11 N–H and O–H groups in total. The fraction of sp³-hybridized carbons (Fsp3) is 0.222. The molecule has 4 atom stereocenters. The molecule has 18 nitrogen and oxygen atoms in total. The SMILES string of the molecule is O=C(OC[C@H]1OC(O)[C@@](O)(COC(=O)c2cc(O)c(O)c(O)c2)[C@@H]1OC(=O)c1cc(O)c(O)c(O)c1)c1cc(O)c(O)c(O)c1. The predicted octanol–water partition coefficient (Wildman–Crippen LogP) is -0.275. The first-order chi connectivity index (χ1) is 21.0. The van der Waals surface area contributed by atoms with E-state index in [1.165, 1.54) is 0 Å². The average molecular weight is 636 g/mol. The van der Waals surface area contributed by atoms with Crippen molar-refractivity contribution in [3.05, 3.63) is 53.1 Å². The number of esters is 3. The number of hydrogen-bond acceptors (Lipinski definition) is 18. The van der Waals surface area contributed by atoms with Gasteiger partial charge in [0.1, 0.15) is 19.3 Å². The summed E-state index contributed by atoms with van der Waals surface area (Å²) >= 11 is 0. The Hall–Kier alpha value is -5.85. The zero-order chi connectivity index (χ0) is 33.4. The number of aliphatic hydroxyl groups is 2. The number of benzene rings is 3. The number of aliphatic hydroxyl groups excluding tert-OH is 1. The first-order valence-electron chi connectivity index (χ1n) is 12.4. The van der Waals surface area contributed by atoms with E-state index in [2.05, 4.69) is 0 Å². The molecule has 0 amide bonds. The Morgan fingerprint density at radius 1 is 0.622 bits per heavy atom. The summed E-state index contributed by atoms with van der Waals surface area (Å²) in [6.45, 7) is -2.14. The fourth-order valence-corrected chi connectivity index (χ4v) is 4.13. The maximum absolute atomic E-state index is 12.9. The molecule has 0 aromatic heterocycles. The van der Waals surface area contributed by atoms with Gasteiger partial charge in [0, 0.05) is 0 Å². The van der Waals surface area contributed by atoms with Crippen molar-refractivity contribution < 1.29 is 89.5 Å². The zero-order valence-corrected chi connectivity index (χ0v) is 22.4. The average Bonchev–Trinajstić information content (AvgIpc) is 3.22. The molecule has 0 bridgehead atoms. The third-order valence-corrected chi connectivity index (χ3v) is 6.53. The molecule has 1 heterocycles. The summed E-state index contributed by atoms with van der Waals surface area (Å²) in [5, 5.41) is 109. The van der Waals surface area contributed by atoms with E-state index >= 15 is 0 Å². The minimum Gasteiger partial charge on any atom is -0.504 e. The Labute approximate surface area is 249 Å². The largest absolute Gasteiger partial charge is 0.504 e. The molecule has 0 radical (unpaired) electrons. The smallest absolute Gasteiger partial charge is 0.338 e. The highest BCUT2D eigenvalue weighted by Crippen LogP contribution is 2.39. The number of aromatic hydroxyl groups is 9. The predicted molar refractivity (Wildman–Crippen MR) is 140 cm³/mol. The molecular formula is C27H24O18. The molecule has 3 aromatic rings. The van der Waals surface area contributed by atoms with E-state index in [1.54, 1.807) is 0 Å². The highest BCUT2D eigenvalue weighted by atomic mass is 16.7. The molecule has 0 saturated carbocycles. The van der Waals surface area contributed by atoms with Crippen molar-refractivity contribution in [2.24, 2.45) is 0 Å². The van der Waals surface area contributed by atoms with Gasteiger partial charge in [-0.15, -0.1) is 0 Å². The van der Waals surface area contributed by atoms with Crippen molar-refractivity contribution in [3.8, 4) is 51.7 Å². The lowest BCUT2D eigenvalue weighted by Gasteiger charge is -2.30. The fourth-order valence-electron chi connectivity index (χ4n) is 4.13. The molecule has 18 heteroatoms. The molecule has 45 heavy (non-hydrogen) atoms. The van der Waals surface area contributed by atoms with Crippen LogP contribution in [0.15, 0.2) is 36.4 Å². The lowest BCUT2D eigenvalue weighted by atomic mass is 9.95. The molecule has 1 fully saturated rings. The molecule has 0 aliphatic carbocycles. The molecule has 1 saturated heterocycles. The molecule has 4 rings (SSSR count). The van der Waals surface area contributed by atoms with Crippen molar-refractivity contribution in [1.82, 2.24) is 0 Å². The summed E-state index contributed by atoms with van der Waals surface area (Å²) < 4.78 is 20.4. The van der Waals surface area contributed by atoms with Crippen LogP contribution in [0.3, 0.4) is 0 Å². The minimum absolute atomic E-state index is 0.477. The van der Waals surface area contributed by atoms with Gasteiger partial charge in [-0.2, -0.15) is 0 Å². The van der Waals surface area contributed by atoms with E-state index in [1.807, 2.05) is 0 Å². The van der Waals surface area contributed by atoms with Crippen molar-refractivity contribution in [3.63, 3.8) is 0 Å². The maximum atomic E-state index is 12.9. The molecule has 240 valence electrons. The van der Waals surface area contributed by atoms with Crippen molar-refractivity contribution in [2.45, 2.75) is 24.1 Å². The number of phenols is 9. The standard InChI is InChI=1S/C27H24O18/c28-12-1-9(2-13(29)19(12)34)23(37)42-7-18-22(45-25(39)11-5-16(32)21(36)17(33)6-11)27(41,26(40)44-18)8-43-24(38)10-3-14(30)20(35)15(31)4-10/h1-6,18,22,26,28-36,40-41H,7-8H2/t18-,22-,26?,27-/m1/s1. The third-order valence-electron chi connectivity index (χ3n) is 6.53. The van der Waals surface area contributed by atoms with Crippen LogP contribution in [-0.2, 0) is 18.9 Å². The van der Waals surface area contributed by atoms with Gasteiger partial charge in [-0.25, -0.2) is 14.4 Å². The van der Waals surface area contributed by atoms with Gasteiger partial charge in [-0.05, 0) is 36.4 Å². The van der Waals surface area contributed by atoms with Crippen LogP contribution in [0.25, 0.3) is 0 Å². The molecule has 3 aromatic carbocycles. The van der Waals surface area contributed by atoms with Gasteiger partial charge >= 0.3 is 17.9 Å². The van der Waals surface area contributed by atoms with Crippen molar-refractivity contribution >= 4 is 17.9 Å². The van der Waals surface area contributed by atoms with Crippen LogP contribution < -0.4 is 0 Å². The van der Waals surface area contributed by atoms with E-state index in [-0.39, 0.29) is 0 Å². The molecule has 1 unspecified atom stereocenters. The van der Waals surface area contributed by atoms with Crippen molar-refractivity contribution in [2.75, 3.05) is 13.2 Å². The molecule has 0 spiro atoms. The highest BCUT2D eigenvalue weighted by Gasteiger charge is 2.59. The second-order valence-corrected chi connectivity index (χ2v) is 9.61. The van der Waals surface area contributed by atoms with Crippen LogP contribution in [0.5, 0.6) is 51.7 Å². The van der Waals surface area contributed by atoms with E-state index in [4.69, 9.17) is 18.9 Å². The Morgan fingerprint density at radius 2 is 0.978 bits per heavy atom. The zero-order valence-electron chi connectivity index (χ0n) is 22.4. The molecular weight excluding hydrogens is 612 g/mol. The third kappa shape index (κ3) is 6.27. The first-order valence-corrected chi connectivity index (χ1v) is 12.4. The van der Waals surface area contributed by atoms with Crippen LogP contribution in [-0.4, -0.2) is 111 Å². The Bertz CT molecular complexity index is 1600. The number of carbonyl (C=O) groups excluding carboxylic acids is 3. The van der Waals surface area contributed by atoms with E-state index in [0.717, 1.165) is 12.1 Å². The van der Waals surface area contributed by atoms with Crippen LogP contribution in [0.1, 0.15) is 31.1 Å². The van der Waals surface area contributed by atoms with Crippen LogP contribution in [0, 0.1) is 0 Å². The number of carbonyl (C=O) groups is 3. The highest BCUT2D eigenvalue weighted by molar-refractivity contribution is 5.92. The number of rotatable bonds is 8. The van der Waals surface area contributed by atoms with Gasteiger partial charge in [0.05, 0.1) is 16.7 Å². The van der Waals surface area contributed by atoms with E-state index < -0.39 is 124 Å². The number of hydrogen-bond donors (Lipinski definition) is 11. The topological polar surface area (TPSA) is 311 Å². The minimum atomic E-state index is -2.83. The summed E-state index contributed by atoms with van der Waals surface area (Å²) in [6, 6.07) is 4.21. The monoisotopic (exact) mass is 636 g/mol. The van der Waals surface area contributed by atoms with Gasteiger partial charge in [-0.3, -0.25) is 0 Å². The van der Waals surface area contributed by atoms with Gasteiger partial charge < -0.3 is 75.1 Å². The quantitative estimate of drug-likeness (QED) is 0.0860. The second kappa shape index (κ2) is 12.0. The number of phenolic OH excluding ortho intramolecular Hbond substituents is 9. The summed E-state index contributed by atoms with van der Waals surface area (Å²) in [6.07, 6.45) is -6.13. The van der Waals surface area contributed by atoms with Crippen molar-refractivity contribution in [1.29, 1.82) is 0 Å². The lowest BCUT2D eigenvalue weighted by molar-refractivity contribution is -0.191. The maximum Gasteiger partial charge on any atom is 0.338 e. The second-order valence-electron chi connectivity index (χ2n) is 9.61. The van der Waals surface area contributed by atoms with Crippen LogP contribution in [0.2, 0.25) is 0 Å². The molecule has 1 aliphatic heterocycles. The van der Waals surface area contributed by atoms with Gasteiger partial charge in [0.2, 0.25) is 0 Å². The molecule has 1 aliphatic rings. The Morgan fingerprint density at radius 3 is 1.38 bits per heavy atom. The van der Waals surface area contributed by atoms with Crippen LogP contribution in [0.4, 0.5) is 0 Å². The number of ether oxygens (including phenoxy) is 4. The first kappa shape index (κ1) is 32.1. The normalized spacial score (nSPS) is 20.8. The summed E-state index contributed by atoms with van der Waals surface area (Å²) in [5.41, 5.74) is -4.44. The van der Waals surface area contributed by atoms with Gasteiger partial charge in [0.25, 0.3) is 0 Å². The lowest BCUT2D eigenvalue weighted by Crippen LogP contribution is -2.54. The summed E-state index contributed by atoms with van der Waals surface area (Å²) in [4.78, 5) is 38.1. The van der Waals surface area contributed by atoms with Gasteiger partial charge in [-0.1, -0.05) is 0 Å². The Balaban J connectivity index is 1.60. The Kier molecular flexibility index (Phi) is 8.58. The van der Waals surface area contributed by atoms with Crippen LogP contribution >= 0.6 is 0 Å². The van der Waals surface area contributed by atoms with E-state index in [0.29, 0.717) is 24.3 Å². The summed E-state index contributed by atoms with van der Waals surface area (Å²) in [5.74, 6) is -12.3. The van der Waals surface area contributed by atoms with Gasteiger partial charge in [0.15, 0.2) is 69.7 Å². The van der Waals surface area contributed by atoms with E-state index in [9.17, 15) is 70.6 Å².